The summed E-state index contributed by atoms with van der Waals surface area (Å²) in [6, 6.07) is 6.11. The number of carbonyl (C=O) groups excluding carboxylic acids is 1. The third-order valence-corrected chi connectivity index (χ3v) is 4.76. The van der Waals surface area contributed by atoms with Gasteiger partial charge in [-0.3, -0.25) is 0 Å². The molecular formula is C16H19ClN2O4S. The number of rotatable bonds is 6. The van der Waals surface area contributed by atoms with Gasteiger partial charge in [0.05, 0.1) is 0 Å². The second-order valence-corrected chi connectivity index (χ2v) is 7.17. The lowest BCUT2D eigenvalue weighted by Crippen LogP contribution is -2.36. The van der Waals surface area contributed by atoms with Crippen molar-refractivity contribution in [2.75, 3.05) is 12.4 Å². The molecule has 0 unspecified atom stereocenters. The van der Waals surface area contributed by atoms with E-state index in [2.05, 4.69) is 10.6 Å². The molecule has 2 amide bonds. The second kappa shape index (κ2) is 8.21. The molecule has 1 aliphatic carbocycles. The minimum absolute atomic E-state index is 0.113. The number of alkyl halides is 1. The number of halogens is 1. The van der Waals surface area contributed by atoms with Crippen molar-refractivity contribution in [3.63, 3.8) is 0 Å². The summed E-state index contributed by atoms with van der Waals surface area (Å²) in [5.41, 5.74) is 1.65. The minimum atomic E-state index is -3.84. The van der Waals surface area contributed by atoms with Crippen LogP contribution in [0.2, 0.25) is 0 Å². The zero-order valence-corrected chi connectivity index (χ0v) is 14.8. The number of urea groups is 1. The average Bonchev–Trinajstić information content (AvgIpc) is 2.55. The van der Waals surface area contributed by atoms with Gasteiger partial charge in [-0.25, -0.2) is 4.79 Å². The number of allylic oxidation sites excluding steroid dienone is 4. The molecule has 24 heavy (non-hydrogen) atoms. The van der Waals surface area contributed by atoms with Gasteiger partial charge in [-0.2, -0.15) is 8.42 Å². The monoisotopic (exact) mass is 370 g/mol. The van der Waals surface area contributed by atoms with E-state index < -0.39 is 10.1 Å². The maximum Gasteiger partial charge on any atom is 0.338 e. The second-order valence-electron chi connectivity index (χ2n) is 5.25. The maximum atomic E-state index is 12.2. The lowest BCUT2D eigenvalue weighted by molar-refractivity contribution is 0.243. The summed E-state index contributed by atoms with van der Waals surface area (Å²) in [5, 5.41) is 5.26. The molecular weight excluding hydrogens is 352 g/mol. The molecule has 0 heterocycles. The van der Waals surface area contributed by atoms with Gasteiger partial charge in [0.2, 0.25) is 0 Å². The fraction of sp³-hybridized carbons (Fsp3) is 0.312. The van der Waals surface area contributed by atoms with E-state index in [4.69, 9.17) is 15.8 Å². The first-order valence-electron chi connectivity index (χ1n) is 7.42. The van der Waals surface area contributed by atoms with Crippen molar-refractivity contribution in [1.82, 2.24) is 10.6 Å². The molecule has 0 bridgehead atoms. The molecule has 0 saturated heterocycles. The first-order valence-corrected chi connectivity index (χ1v) is 9.37. The van der Waals surface area contributed by atoms with Crippen molar-refractivity contribution in [3.05, 3.63) is 53.4 Å². The van der Waals surface area contributed by atoms with Crippen LogP contribution >= 0.6 is 11.6 Å². The van der Waals surface area contributed by atoms with E-state index >= 15 is 0 Å². The molecule has 0 radical (unpaired) electrons. The lowest BCUT2D eigenvalue weighted by atomic mass is 10.1. The number of carbonyl (C=O) groups is 1. The Labute approximate surface area is 146 Å². The highest BCUT2D eigenvalue weighted by molar-refractivity contribution is 7.86. The highest BCUT2D eigenvalue weighted by atomic mass is 35.5. The number of aryl methyl sites for hydroxylation is 1. The van der Waals surface area contributed by atoms with Crippen LogP contribution in [0, 0.1) is 6.92 Å². The van der Waals surface area contributed by atoms with Crippen molar-refractivity contribution < 1.29 is 17.4 Å². The predicted octanol–water partition coefficient (Wildman–Crippen LogP) is 2.80. The molecule has 0 fully saturated rings. The van der Waals surface area contributed by atoms with Crippen LogP contribution in [0.1, 0.15) is 18.4 Å². The van der Waals surface area contributed by atoms with Gasteiger partial charge >= 0.3 is 16.1 Å². The molecule has 130 valence electrons. The van der Waals surface area contributed by atoms with Crippen LogP contribution in [0.5, 0.6) is 0 Å². The SMILES string of the molecule is Cc1ccc(S(=O)(=O)OC2=CC=C(NC(=O)NCCCl)CC2)cc1. The largest absolute Gasteiger partial charge is 0.384 e. The number of nitrogens with one attached hydrogen (secondary N) is 2. The Bertz CT molecular complexity index is 755. The molecule has 8 heteroatoms. The zero-order chi connectivity index (χ0) is 17.6. The number of amides is 2. The Morgan fingerprint density at radius 1 is 1.21 bits per heavy atom. The molecule has 0 aliphatic heterocycles. The molecule has 1 aliphatic rings. The van der Waals surface area contributed by atoms with E-state index in [1.165, 1.54) is 12.1 Å². The Morgan fingerprint density at radius 3 is 2.50 bits per heavy atom. The van der Waals surface area contributed by atoms with Gasteiger partial charge in [-0.1, -0.05) is 17.7 Å². The first-order chi connectivity index (χ1) is 11.4. The highest BCUT2D eigenvalue weighted by Gasteiger charge is 2.19. The Hall–Kier alpha value is -1.99. The molecule has 1 aromatic rings. The van der Waals surface area contributed by atoms with E-state index in [0.29, 0.717) is 36.7 Å². The van der Waals surface area contributed by atoms with Crippen LogP contribution < -0.4 is 10.6 Å². The summed E-state index contributed by atoms with van der Waals surface area (Å²) in [5.74, 6) is 0.670. The van der Waals surface area contributed by atoms with Crippen LogP contribution in [0.25, 0.3) is 0 Å². The van der Waals surface area contributed by atoms with Crippen molar-refractivity contribution in [2.24, 2.45) is 0 Å². The summed E-state index contributed by atoms with van der Waals surface area (Å²) < 4.78 is 29.6. The van der Waals surface area contributed by atoms with Gasteiger partial charge in [0.15, 0.2) is 0 Å². The third kappa shape index (κ3) is 5.28. The van der Waals surface area contributed by atoms with Gasteiger partial charge < -0.3 is 14.8 Å². The van der Waals surface area contributed by atoms with E-state index in [9.17, 15) is 13.2 Å². The zero-order valence-electron chi connectivity index (χ0n) is 13.2. The van der Waals surface area contributed by atoms with Crippen LogP contribution in [0.3, 0.4) is 0 Å². The molecule has 0 atom stereocenters. The van der Waals surface area contributed by atoms with E-state index in [-0.39, 0.29) is 10.9 Å². The van der Waals surface area contributed by atoms with Gasteiger partial charge in [0, 0.05) is 24.5 Å². The smallest absolute Gasteiger partial charge is 0.338 e. The van der Waals surface area contributed by atoms with E-state index in [1.54, 1.807) is 24.3 Å². The van der Waals surface area contributed by atoms with E-state index in [0.717, 1.165) is 5.56 Å². The molecule has 2 rings (SSSR count). The highest BCUT2D eigenvalue weighted by Crippen LogP contribution is 2.23. The van der Waals surface area contributed by atoms with Gasteiger partial charge in [-0.05, 0) is 37.6 Å². The number of hydrogen-bond donors (Lipinski definition) is 2. The topological polar surface area (TPSA) is 84.5 Å². The molecule has 1 aromatic carbocycles. The minimum Gasteiger partial charge on any atom is -0.384 e. The van der Waals surface area contributed by atoms with Crippen molar-refractivity contribution in [1.29, 1.82) is 0 Å². The Balaban J connectivity index is 1.99. The quantitative estimate of drug-likeness (QED) is 0.595. The van der Waals surface area contributed by atoms with Crippen LogP contribution in [0.15, 0.2) is 52.8 Å². The predicted molar refractivity (Wildman–Crippen MR) is 92.1 cm³/mol. The molecule has 0 aromatic heterocycles. The maximum absolute atomic E-state index is 12.2. The summed E-state index contributed by atoms with van der Waals surface area (Å²) in [4.78, 5) is 11.6. The molecule has 0 spiro atoms. The average molecular weight is 371 g/mol. The third-order valence-electron chi connectivity index (χ3n) is 3.29. The summed E-state index contributed by atoms with van der Waals surface area (Å²) >= 11 is 5.49. The van der Waals surface area contributed by atoms with Crippen LogP contribution in [-0.2, 0) is 14.3 Å². The summed E-state index contributed by atoms with van der Waals surface area (Å²) in [6.45, 7) is 2.25. The number of hydrogen-bond acceptors (Lipinski definition) is 4. The van der Waals surface area contributed by atoms with Crippen LogP contribution in [-0.4, -0.2) is 26.9 Å². The van der Waals surface area contributed by atoms with Crippen molar-refractivity contribution in [2.45, 2.75) is 24.7 Å². The summed E-state index contributed by atoms with van der Waals surface area (Å²) in [7, 11) is -3.84. The fourth-order valence-electron chi connectivity index (χ4n) is 2.04. The van der Waals surface area contributed by atoms with Gasteiger partial charge in [0.25, 0.3) is 0 Å². The lowest BCUT2D eigenvalue weighted by Gasteiger charge is -2.16. The molecule has 0 saturated carbocycles. The molecule has 6 nitrogen and oxygen atoms in total. The van der Waals surface area contributed by atoms with Crippen molar-refractivity contribution in [3.8, 4) is 0 Å². The summed E-state index contributed by atoms with van der Waals surface area (Å²) in [6.07, 6.45) is 4.03. The standard InChI is InChI=1S/C16H19ClN2O4S/c1-12-2-8-15(9-3-12)24(21,22)23-14-6-4-13(5-7-14)19-16(20)18-11-10-17/h2-4,6,8-9H,5,7,10-11H2,1H3,(H2,18,19,20). The van der Waals surface area contributed by atoms with E-state index in [1.807, 2.05) is 6.92 Å². The Kier molecular flexibility index (Phi) is 6.28. The van der Waals surface area contributed by atoms with Gasteiger partial charge in [0.1, 0.15) is 10.7 Å². The van der Waals surface area contributed by atoms with Crippen LogP contribution in [0.4, 0.5) is 4.79 Å². The first kappa shape index (κ1) is 18.4. The van der Waals surface area contributed by atoms with Crippen molar-refractivity contribution >= 4 is 27.8 Å². The number of benzene rings is 1. The van der Waals surface area contributed by atoms with Gasteiger partial charge in [-0.15, -0.1) is 11.6 Å². The molecule has 2 N–H and O–H groups in total. The fourth-order valence-corrected chi connectivity index (χ4v) is 3.12. The normalized spacial score (nSPS) is 14.4. The Morgan fingerprint density at radius 2 is 1.92 bits per heavy atom.